The number of carbonyl (C=O) groups is 1. The van der Waals surface area contributed by atoms with Crippen LogP contribution in [0.4, 0.5) is 11.4 Å². The molecule has 0 bridgehead atoms. The highest BCUT2D eigenvalue weighted by Gasteiger charge is 2.25. The second-order valence-corrected chi connectivity index (χ2v) is 5.72. The summed E-state index contributed by atoms with van der Waals surface area (Å²) in [6.45, 7) is 3.57. The van der Waals surface area contributed by atoms with Gasteiger partial charge < -0.3 is 10.2 Å². The molecule has 0 radical (unpaired) electrons. The normalized spacial score (nSPS) is 18.4. The summed E-state index contributed by atoms with van der Waals surface area (Å²) in [6.07, 6.45) is 1.96. The largest absolute Gasteiger partial charge is 0.366 e. The van der Waals surface area contributed by atoms with E-state index in [1.54, 1.807) is 12.1 Å². The van der Waals surface area contributed by atoms with Gasteiger partial charge in [0.25, 0.3) is 5.69 Å². The Bertz CT molecular complexity index is 550. The second kappa shape index (κ2) is 6.76. The maximum atomic E-state index is 11.2. The Morgan fingerprint density at radius 1 is 1.57 bits per heavy atom. The molecular weight excluding hydrogens is 294 g/mol. The number of rotatable bonds is 4. The van der Waals surface area contributed by atoms with E-state index in [0.29, 0.717) is 29.7 Å². The molecule has 114 valence electrons. The van der Waals surface area contributed by atoms with Crippen molar-refractivity contribution in [3.63, 3.8) is 0 Å². The fraction of sp³-hybridized carbons (Fsp3) is 0.500. The van der Waals surface area contributed by atoms with E-state index in [1.165, 1.54) is 13.0 Å². The van der Waals surface area contributed by atoms with Crippen molar-refractivity contribution in [1.29, 1.82) is 0 Å². The van der Waals surface area contributed by atoms with Crippen molar-refractivity contribution in [2.45, 2.75) is 19.8 Å². The first-order valence-corrected chi connectivity index (χ1v) is 7.28. The van der Waals surface area contributed by atoms with Crippen LogP contribution in [0.1, 0.15) is 19.8 Å². The lowest BCUT2D eigenvalue weighted by molar-refractivity contribution is -0.384. The van der Waals surface area contributed by atoms with Crippen LogP contribution in [-0.2, 0) is 4.79 Å². The van der Waals surface area contributed by atoms with E-state index in [9.17, 15) is 14.9 Å². The zero-order chi connectivity index (χ0) is 15.4. The number of benzene rings is 1. The average molecular weight is 312 g/mol. The number of halogens is 1. The molecule has 0 saturated carbocycles. The predicted molar refractivity (Wildman–Crippen MR) is 81.7 cm³/mol. The molecule has 1 heterocycles. The van der Waals surface area contributed by atoms with Gasteiger partial charge in [-0.05, 0) is 30.9 Å². The Labute approximate surface area is 128 Å². The Morgan fingerprint density at radius 3 is 3.00 bits per heavy atom. The molecule has 0 spiro atoms. The number of piperidine rings is 1. The van der Waals surface area contributed by atoms with Crippen LogP contribution in [-0.4, -0.2) is 30.5 Å². The summed E-state index contributed by atoms with van der Waals surface area (Å²) in [5, 5.41) is 14.3. The van der Waals surface area contributed by atoms with Gasteiger partial charge in [-0.25, -0.2) is 0 Å². The number of hydrogen-bond donors (Lipinski definition) is 1. The Hall–Kier alpha value is -1.82. The zero-order valence-corrected chi connectivity index (χ0v) is 12.6. The highest BCUT2D eigenvalue weighted by molar-refractivity contribution is 6.30. The summed E-state index contributed by atoms with van der Waals surface area (Å²) in [5.74, 6) is 0.252. The number of amides is 1. The van der Waals surface area contributed by atoms with Gasteiger partial charge in [-0.1, -0.05) is 11.6 Å². The average Bonchev–Trinajstić information content (AvgIpc) is 2.45. The molecule has 6 nitrogen and oxygen atoms in total. The molecular formula is C14H18ClN3O3. The van der Waals surface area contributed by atoms with Crippen molar-refractivity contribution >= 4 is 28.9 Å². The van der Waals surface area contributed by atoms with E-state index in [4.69, 9.17) is 11.6 Å². The molecule has 1 fully saturated rings. The van der Waals surface area contributed by atoms with Gasteiger partial charge in [0.1, 0.15) is 5.69 Å². The number of nitro benzene ring substituents is 1. The number of hydrogen-bond acceptors (Lipinski definition) is 4. The lowest BCUT2D eigenvalue weighted by atomic mass is 9.97. The van der Waals surface area contributed by atoms with Gasteiger partial charge in [-0.15, -0.1) is 0 Å². The summed E-state index contributed by atoms with van der Waals surface area (Å²) >= 11 is 5.84. The lowest BCUT2D eigenvalue weighted by Crippen LogP contribution is -2.40. The Kier molecular flexibility index (Phi) is 5.01. The highest BCUT2D eigenvalue weighted by atomic mass is 35.5. The van der Waals surface area contributed by atoms with Crippen molar-refractivity contribution in [2.75, 3.05) is 24.5 Å². The quantitative estimate of drug-likeness (QED) is 0.685. The van der Waals surface area contributed by atoms with Crippen molar-refractivity contribution < 1.29 is 9.72 Å². The van der Waals surface area contributed by atoms with Gasteiger partial charge in [-0.3, -0.25) is 14.9 Å². The van der Waals surface area contributed by atoms with Crippen LogP contribution in [0.25, 0.3) is 0 Å². The summed E-state index contributed by atoms with van der Waals surface area (Å²) in [6, 6.07) is 4.75. The first kappa shape index (κ1) is 15.6. The van der Waals surface area contributed by atoms with Gasteiger partial charge in [0, 0.05) is 37.6 Å². The van der Waals surface area contributed by atoms with E-state index in [-0.39, 0.29) is 11.6 Å². The molecule has 1 N–H and O–H groups in total. The van der Waals surface area contributed by atoms with Crippen molar-refractivity contribution in [1.82, 2.24) is 5.32 Å². The maximum Gasteiger partial charge on any atom is 0.294 e. The minimum atomic E-state index is -0.404. The standard InChI is InChI=1S/C14H18ClN3O3/c1-10(19)16-8-11-3-2-6-17(9-11)13-5-4-12(15)7-14(13)18(20)21/h4-5,7,11H,2-3,6,8-9H2,1H3,(H,16,19). The number of anilines is 1. The Morgan fingerprint density at radius 2 is 2.33 bits per heavy atom. The summed E-state index contributed by atoms with van der Waals surface area (Å²) in [4.78, 5) is 23.8. The van der Waals surface area contributed by atoms with Crippen LogP contribution in [0.15, 0.2) is 18.2 Å². The summed E-state index contributed by atoms with van der Waals surface area (Å²) in [7, 11) is 0. The number of carbonyl (C=O) groups excluding carboxylic acids is 1. The lowest BCUT2D eigenvalue weighted by Gasteiger charge is -2.34. The SMILES string of the molecule is CC(=O)NCC1CCCN(c2ccc(Cl)cc2[N+](=O)[O-])C1. The van der Waals surface area contributed by atoms with Gasteiger partial charge in [0.05, 0.1) is 4.92 Å². The molecule has 1 saturated heterocycles. The van der Waals surface area contributed by atoms with Gasteiger partial charge in [0.2, 0.25) is 5.91 Å². The van der Waals surface area contributed by atoms with E-state index in [1.807, 2.05) is 4.90 Å². The number of nitrogens with one attached hydrogen (secondary N) is 1. The van der Waals surface area contributed by atoms with Gasteiger partial charge in [-0.2, -0.15) is 0 Å². The van der Waals surface area contributed by atoms with E-state index in [0.717, 1.165) is 19.4 Å². The van der Waals surface area contributed by atoms with E-state index < -0.39 is 4.92 Å². The van der Waals surface area contributed by atoms with Crippen LogP contribution in [0.2, 0.25) is 5.02 Å². The molecule has 1 unspecified atom stereocenters. The topological polar surface area (TPSA) is 75.5 Å². The molecule has 0 aromatic heterocycles. The number of nitrogens with zero attached hydrogens (tertiary/aromatic N) is 2. The Balaban J connectivity index is 2.14. The third kappa shape index (κ3) is 4.07. The van der Waals surface area contributed by atoms with Gasteiger partial charge in [0.15, 0.2) is 0 Å². The highest BCUT2D eigenvalue weighted by Crippen LogP contribution is 2.33. The third-order valence-electron chi connectivity index (χ3n) is 3.63. The first-order chi connectivity index (χ1) is 9.97. The molecule has 1 atom stereocenters. The van der Waals surface area contributed by atoms with E-state index in [2.05, 4.69) is 5.32 Å². The van der Waals surface area contributed by atoms with Crippen LogP contribution in [0, 0.1) is 16.0 Å². The molecule has 1 aliphatic rings. The molecule has 1 aromatic carbocycles. The van der Waals surface area contributed by atoms with Gasteiger partial charge >= 0.3 is 0 Å². The van der Waals surface area contributed by atoms with Crippen molar-refractivity contribution in [3.05, 3.63) is 33.3 Å². The predicted octanol–water partition coefficient (Wildman–Crippen LogP) is 2.60. The minimum absolute atomic E-state index is 0.0303. The van der Waals surface area contributed by atoms with Crippen LogP contribution < -0.4 is 10.2 Å². The van der Waals surface area contributed by atoms with Crippen LogP contribution in [0.3, 0.4) is 0 Å². The monoisotopic (exact) mass is 311 g/mol. The molecule has 1 amide bonds. The summed E-state index contributed by atoms with van der Waals surface area (Å²) < 4.78 is 0. The molecule has 0 aliphatic carbocycles. The molecule has 1 aliphatic heterocycles. The molecule has 2 rings (SSSR count). The van der Waals surface area contributed by atoms with Crippen LogP contribution >= 0.6 is 11.6 Å². The minimum Gasteiger partial charge on any atom is -0.366 e. The maximum absolute atomic E-state index is 11.2. The zero-order valence-electron chi connectivity index (χ0n) is 11.8. The van der Waals surface area contributed by atoms with E-state index >= 15 is 0 Å². The second-order valence-electron chi connectivity index (χ2n) is 5.28. The summed E-state index contributed by atoms with van der Waals surface area (Å²) in [5.41, 5.74) is 0.625. The molecule has 21 heavy (non-hydrogen) atoms. The molecule has 1 aromatic rings. The fourth-order valence-corrected chi connectivity index (χ4v) is 2.82. The van der Waals surface area contributed by atoms with Crippen molar-refractivity contribution in [3.8, 4) is 0 Å². The first-order valence-electron chi connectivity index (χ1n) is 6.90. The van der Waals surface area contributed by atoms with Crippen molar-refractivity contribution in [2.24, 2.45) is 5.92 Å². The van der Waals surface area contributed by atoms with Crippen LogP contribution in [0.5, 0.6) is 0 Å². The molecule has 7 heteroatoms. The fourth-order valence-electron chi connectivity index (χ4n) is 2.65. The smallest absolute Gasteiger partial charge is 0.294 e. The third-order valence-corrected chi connectivity index (χ3v) is 3.87. The number of nitro groups is 1.